The van der Waals surface area contributed by atoms with Crippen LogP contribution in [0.3, 0.4) is 0 Å². The lowest BCUT2D eigenvalue weighted by Crippen LogP contribution is -1.96. The standard InChI is InChI=1S/C7H14S3/c8-5-2-1-3-7-4-6-9-10-7/h7-8H,1-6H2. The van der Waals surface area contributed by atoms with Gasteiger partial charge >= 0.3 is 0 Å². The Balaban J connectivity index is 1.91. The maximum atomic E-state index is 4.19. The molecule has 1 rings (SSSR count). The molecule has 0 nitrogen and oxygen atoms in total. The molecule has 0 bridgehead atoms. The summed E-state index contributed by atoms with van der Waals surface area (Å²) in [5.74, 6) is 2.43. The number of unbranched alkanes of at least 4 members (excludes halogenated alkanes) is 1. The molecule has 0 saturated carbocycles. The zero-order chi connectivity index (χ0) is 7.23. The van der Waals surface area contributed by atoms with Crippen molar-refractivity contribution in [3.63, 3.8) is 0 Å². The van der Waals surface area contributed by atoms with Gasteiger partial charge in [-0.25, -0.2) is 0 Å². The van der Waals surface area contributed by atoms with E-state index in [9.17, 15) is 0 Å². The number of rotatable bonds is 4. The molecular formula is C7H14S3. The predicted molar refractivity (Wildman–Crippen MR) is 56.2 cm³/mol. The van der Waals surface area contributed by atoms with Crippen molar-refractivity contribution in [1.29, 1.82) is 0 Å². The monoisotopic (exact) mass is 194 g/mol. The molecule has 0 N–H and O–H groups in total. The van der Waals surface area contributed by atoms with E-state index in [-0.39, 0.29) is 0 Å². The van der Waals surface area contributed by atoms with Gasteiger partial charge in [-0.1, -0.05) is 28.0 Å². The van der Waals surface area contributed by atoms with Gasteiger partial charge in [0.05, 0.1) is 0 Å². The predicted octanol–water partition coefficient (Wildman–Crippen LogP) is 3.24. The number of hydrogen-bond acceptors (Lipinski definition) is 3. The highest BCUT2D eigenvalue weighted by atomic mass is 33.1. The quantitative estimate of drug-likeness (QED) is 0.414. The minimum Gasteiger partial charge on any atom is -0.179 e. The summed E-state index contributed by atoms with van der Waals surface area (Å²) in [5, 5.41) is 0.963. The number of thiol groups is 1. The SMILES string of the molecule is SCCCCC1CCSS1. The lowest BCUT2D eigenvalue weighted by molar-refractivity contribution is 0.683. The fraction of sp³-hybridized carbons (Fsp3) is 1.00. The molecule has 1 fully saturated rings. The number of hydrogen-bond donors (Lipinski definition) is 1. The zero-order valence-electron chi connectivity index (χ0n) is 6.08. The second-order valence-corrected chi connectivity index (χ2v) is 5.78. The van der Waals surface area contributed by atoms with Gasteiger partial charge in [-0.05, 0) is 25.0 Å². The van der Waals surface area contributed by atoms with Crippen LogP contribution in [-0.4, -0.2) is 16.8 Å². The van der Waals surface area contributed by atoms with Crippen LogP contribution in [0.1, 0.15) is 25.7 Å². The summed E-state index contributed by atoms with van der Waals surface area (Å²) in [6.07, 6.45) is 5.52. The minimum absolute atomic E-state index is 0.963. The highest BCUT2D eigenvalue weighted by molar-refractivity contribution is 8.77. The van der Waals surface area contributed by atoms with Crippen LogP contribution in [0, 0.1) is 0 Å². The topological polar surface area (TPSA) is 0 Å². The third-order valence-electron chi connectivity index (χ3n) is 1.66. The second-order valence-electron chi connectivity index (χ2n) is 2.55. The normalized spacial score (nSPS) is 25.5. The first kappa shape index (κ1) is 9.14. The van der Waals surface area contributed by atoms with Gasteiger partial charge in [0.2, 0.25) is 0 Å². The Morgan fingerprint density at radius 2 is 2.30 bits per heavy atom. The Morgan fingerprint density at radius 1 is 1.40 bits per heavy atom. The maximum absolute atomic E-state index is 4.19. The summed E-state index contributed by atoms with van der Waals surface area (Å²) < 4.78 is 0. The van der Waals surface area contributed by atoms with Crippen molar-refractivity contribution in [3.8, 4) is 0 Å². The van der Waals surface area contributed by atoms with Gasteiger partial charge in [0.15, 0.2) is 0 Å². The Morgan fingerprint density at radius 3 is 2.90 bits per heavy atom. The van der Waals surface area contributed by atoms with E-state index in [0.717, 1.165) is 11.0 Å². The first-order valence-electron chi connectivity index (χ1n) is 3.82. The third-order valence-corrected chi connectivity index (χ3v) is 4.98. The van der Waals surface area contributed by atoms with Crippen LogP contribution in [0.25, 0.3) is 0 Å². The Kier molecular flexibility index (Phi) is 5.18. The molecule has 0 aromatic carbocycles. The molecule has 0 amide bonds. The summed E-state index contributed by atoms with van der Waals surface area (Å²) in [6, 6.07) is 0. The lowest BCUT2D eigenvalue weighted by atomic mass is 10.2. The summed E-state index contributed by atoms with van der Waals surface area (Å²) in [6.45, 7) is 0. The third kappa shape index (κ3) is 3.44. The molecule has 0 aliphatic carbocycles. The molecule has 0 aromatic heterocycles. The zero-order valence-corrected chi connectivity index (χ0v) is 8.61. The molecule has 1 aliphatic rings. The van der Waals surface area contributed by atoms with E-state index in [0.29, 0.717) is 0 Å². The molecule has 1 atom stereocenters. The highest BCUT2D eigenvalue weighted by Crippen LogP contribution is 2.39. The van der Waals surface area contributed by atoms with Gasteiger partial charge in [0.1, 0.15) is 0 Å². The Labute approximate surface area is 76.7 Å². The van der Waals surface area contributed by atoms with Crippen LogP contribution in [0.15, 0.2) is 0 Å². The minimum atomic E-state index is 0.963. The maximum Gasteiger partial charge on any atom is 0.0159 e. The Hall–Kier alpha value is 1.05. The van der Waals surface area contributed by atoms with E-state index in [1.807, 2.05) is 10.8 Å². The summed E-state index contributed by atoms with van der Waals surface area (Å²) >= 11 is 4.19. The fourth-order valence-corrected chi connectivity index (χ4v) is 4.30. The van der Waals surface area contributed by atoms with E-state index < -0.39 is 0 Å². The van der Waals surface area contributed by atoms with Gasteiger partial charge in [0.25, 0.3) is 0 Å². The largest absolute Gasteiger partial charge is 0.179 e. The van der Waals surface area contributed by atoms with Crippen LogP contribution in [0.5, 0.6) is 0 Å². The van der Waals surface area contributed by atoms with E-state index in [1.165, 1.54) is 31.4 Å². The summed E-state index contributed by atoms with van der Waals surface area (Å²) in [4.78, 5) is 0. The summed E-state index contributed by atoms with van der Waals surface area (Å²) in [7, 11) is 4.12. The molecule has 3 heteroatoms. The van der Waals surface area contributed by atoms with Crippen LogP contribution in [-0.2, 0) is 0 Å². The van der Waals surface area contributed by atoms with E-state index in [4.69, 9.17) is 0 Å². The smallest absolute Gasteiger partial charge is 0.0159 e. The van der Waals surface area contributed by atoms with Crippen LogP contribution >= 0.6 is 34.2 Å². The molecule has 60 valence electrons. The average Bonchev–Trinajstić information content (AvgIpc) is 2.41. The summed E-state index contributed by atoms with van der Waals surface area (Å²) in [5.41, 5.74) is 0. The van der Waals surface area contributed by atoms with Crippen molar-refractivity contribution in [2.24, 2.45) is 0 Å². The molecule has 1 unspecified atom stereocenters. The molecular weight excluding hydrogens is 180 g/mol. The van der Waals surface area contributed by atoms with Crippen molar-refractivity contribution >= 4 is 34.2 Å². The first-order valence-corrected chi connectivity index (χ1v) is 6.84. The van der Waals surface area contributed by atoms with Gasteiger partial charge < -0.3 is 0 Å². The average molecular weight is 194 g/mol. The second kappa shape index (κ2) is 5.67. The van der Waals surface area contributed by atoms with E-state index in [1.54, 1.807) is 0 Å². The fourth-order valence-electron chi connectivity index (χ4n) is 1.05. The van der Waals surface area contributed by atoms with Crippen molar-refractivity contribution in [2.75, 3.05) is 11.5 Å². The molecule has 1 saturated heterocycles. The lowest BCUT2D eigenvalue weighted by Gasteiger charge is -2.04. The van der Waals surface area contributed by atoms with Crippen molar-refractivity contribution < 1.29 is 0 Å². The van der Waals surface area contributed by atoms with Crippen molar-refractivity contribution in [3.05, 3.63) is 0 Å². The highest BCUT2D eigenvalue weighted by Gasteiger charge is 2.14. The molecule has 1 heterocycles. The Bertz CT molecular complexity index is 78.9. The molecule has 0 spiro atoms. The van der Waals surface area contributed by atoms with Gasteiger partial charge in [-0.3, -0.25) is 0 Å². The molecule has 0 aromatic rings. The molecule has 1 aliphatic heterocycles. The van der Waals surface area contributed by atoms with E-state index in [2.05, 4.69) is 23.4 Å². The van der Waals surface area contributed by atoms with Crippen LogP contribution in [0.4, 0.5) is 0 Å². The van der Waals surface area contributed by atoms with Crippen molar-refractivity contribution in [2.45, 2.75) is 30.9 Å². The van der Waals surface area contributed by atoms with E-state index >= 15 is 0 Å². The van der Waals surface area contributed by atoms with Crippen molar-refractivity contribution in [1.82, 2.24) is 0 Å². The van der Waals surface area contributed by atoms with Gasteiger partial charge in [0, 0.05) is 11.0 Å². The van der Waals surface area contributed by atoms with Crippen LogP contribution < -0.4 is 0 Å². The van der Waals surface area contributed by atoms with Gasteiger partial charge in [-0.15, -0.1) is 0 Å². The molecule has 0 radical (unpaired) electrons. The first-order chi connectivity index (χ1) is 4.93. The van der Waals surface area contributed by atoms with Crippen LogP contribution in [0.2, 0.25) is 0 Å². The van der Waals surface area contributed by atoms with Gasteiger partial charge in [-0.2, -0.15) is 12.6 Å². The molecule has 10 heavy (non-hydrogen) atoms.